The molecule has 0 radical (unpaired) electrons. The van der Waals surface area contributed by atoms with Gasteiger partial charge in [0, 0.05) is 26.1 Å². The van der Waals surface area contributed by atoms with Gasteiger partial charge in [0.15, 0.2) is 0 Å². The van der Waals surface area contributed by atoms with Crippen LogP contribution in [0.5, 0.6) is 0 Å². The molecule has 3 heteroatoms. The van der Waals surface area contributed by atoms with Crippen molar-refractivity contribution < 1.29 is 14.2 Å². The first-order valence-corrected chi connectivity index (χ1v) is 19.0. The zero-order valence-corrected chi connectivity index (χ0v) is 29.3. The second-order valence-electron chi connectivity index (χ2n) is 13.0. The van der Waals surface area contributed by atoms with Crippen LogP contribution in [0, 0.1) is 24.7 Å². The fourth-order valence-corrected chi connectivity index (χ4v) is 5.79. The van der Waals surface area contributed by atoms with Crippen LogP contribution in [0.25, 0.3) is 0 Å². The molecule has 1 atom stereocenters. The lowest BCUT2D eigenvalue weighted by atomic mass is 10.0. The first-order valence-electron chi connectivity index (χ1n) is 19.0. The van der Waals surface area contributed by atoms with Crippen LogP contribution in [0.2, 0.25) is 0 Å². The lowest BCUT2D eigenvalue weighted by molar-refractivity contribution is -0.0645. The average Bonchev–Trinajstić information content (AvgIpc) is 3.06. The van der Waals surface area contributed by atoms with Crippen molar-refractivity contribution in [3.05, 3.63) is 35.9 Å². The minimum absolute atomic E-state index is 0.0117. The van der Waals surface area contributed by atoms with Crippen molar-refractivity contribution in [1.82, 2.24) is 0 Å². The molecule has 1 aromatic rings. The molecule has 45 heavy (non-hydrogen) atoms. The van der Waals surface area contributed by atoms with Gasteiger partial charge in [0.05, 0.1) is 19.8 Å². The van der Waals surface area contributed by atoms with Crippen LogP contribution in [0.4, 0.5) is 0 Å². The summed E-state index contributed by atoms with van der Waals surface area (Å²) in [5.74, 6) is 5.47. The highest BCUT2D eigenvalue weighted by molar-refractivity contribution is 5.13. The molecule has 0 aliphatic carbocycles. The van der Waals surface area contributed by atoms with E-state index in [9.17, 15) is 0 Å². The van der Waals surface area contributed by atoms with Crippen molar-refractivity contribution in [1.29, 1.82) is 0 Å². The zero-order chi connectivity index (χ0) is 32.1. The third kappa shape index (κ3) is 30.6. The SMILES string of the molecule is C#CCCCCCCCCCCCCCCOC[C@H](COCc1ccccc1)OCCCCCCCCCCCCCCC#C. The van der Waals surface area contributed by atoms with E-state index in [-0.39, 0.29) is 6.10 Å². The summed E-state index contributed by atoms with van der Waals surface area (Å²) in [6.07, 6.45) is 44.2. The molecular formula is C42H70O3. The third-order valence-corrected chi connectivity index (χ3v) is 8.65. The van der Waals surface area contributed by atoms with Crippen LogP contribution >= 0.6 is 0 Å². The molecule has 0 amide bonds. The van der Waals surface area contributed by atoms with E-state index in [0.717, 1.165) is 38.9 Å². The van der Waals surface area contributed by atoms with Gasteiger partial charge in [-0.3, -0.25) is 0 Å². The number of hydrogen-bond acceptors (Lipinski definition) is 3. The molecule has 0 spiro atoms. The normalized spacial score (nSPS) is 11.8. The fraction of sp³-hybridized carbons (Fsp3) is 0.762. The van der Waals surface area contributed by atoms with Crippen molar-refractivity contribution >= 4 is 0 Å². The van der Waals surface area contributed by atoms with E-state index in [0.29, 0.717) is 19.8 Å². The molecule has 0 aliphatic heterocycles. The van der Waals surface area contributed by atoms with Gasteiger partial charge in [0.2, 0.25) is 0 Å². The van der Waals surface area contributed by atoms with E-state index >= 15 is 0 Å². The Kier molecular flexibility index (Phi) is 32.2. The van der Waals surface area contributed by atoms with Crippen LogP contribution in [-0.4, -0.2) is 32.5 Å². The maximum Gasteiger partial charge on any atom is 0.104 e. The Hall–Kier alpha value is -1.78. The van der Waals surface area contributed by atoms with Crippen LogP contribution in [0.3, 0.4) is 0 Å². The quantitative estimate of drug-likeness (QED) is 0.0557. The first kappa shape index (κ1) is 41.2. The van der Waals surface area contributed by atoms with Gasteiger partial charge in [-0.1, -0.05) is 159 Å². The standard InChI is InChI=1S/C42H70O3/c1-3-5-7-9-11-13-15-17-19-21-23-25-27-32-36-43-39-42(40-44-38-41-34-30-29-31-35-41)45-37-33-28-26-24-22-20-18-16-14-12-10-8-6-4-2/h1-2,29-31,34-35,42H,5-28,32-33,36-40H2/t42-/m1/s1. The van der Waals surface area contributed by atoms with Gasteiger partial charge >= 0.3 is 0 Å². The molecule has 0 saturated carbocycles. The monoisotopic (exact) mass is 623 g/mol. The maximum absolute atomic E-state index is 6.24. The lowest BCUT2D eigenvalue weighted by Gasteiger charge is -2.18. The second kappa shape index (κ2) is 35.1. The molecule has 0 heterocycles. The van der Waals surface area contributed by atoms with Gasteiger partial charge in [0.25, 0.3) is 0 Å². The van der Waals surface area contributed by atoms with Crippen molar-refractivity contribution in [2.45, 2.75) is 180 Å². The molecule has 1 aromatic carbocycles. The molecule has 0 N–H and O–H groups in total. The number of terminal acetylenes is 2. The zero-order valence-electron chi connectivity index (χ0n) is 29.3. The molecule has 0 bridgehead atoms. The van der Waals surface area contributed by atoms with E-state index < -0.39 is 0 Å². The summed E-state index contributed by atoms with van der Waals surface area (Å²) in [5, 5.41) is 0. The van der Waals surface area contributed by atoms with Crippen molar-refractivity contribution in [2.75, 3.05) is 26.4 Å². The third-order valence-electron chi connectivity index (χ3n) is 8.65. The molecule has 0 fully saturated rings. The maximum atomic E-state index is 6.24. The summed E-state index contributed by atoms with van der Waals surface area (Å²) in [6.45, 7) is 3.46. The Morgan fingerprint density at radius 3 is 1.27 bits per heavy atom. The fourth-order valence-electron chi connectivity index (χ4n) is 5.79. The summed E-state index contributed by atoms with van der Waals surface area (Å²) in [7, 11) is 0. The molecule has 0 aliphatic rings. The van der Waals surface area contributed by atoms with Crippen molar-refractivity contribution in [2.24, 2.45) is 0 Å². The Labute approximate surface area is 280 Å². The van der Waals surface area contributed by atoms with E-state index in [1.807, 2.05) is 6.07 Å². The number of unbranched alkanes of at least 4 members (excludes halogenated alkanes) is 24. The topological polar surface area (TPSA) is 27.7 Å². The van der Waals surface area contributed by atoms with Gasteiger partial charge in [0.1, 0.15) is 6.10 Å². The van der Waals surface area contributed by atoms with Crippen LogP contribution in [0.1, 0.15) is 173 Å². The smallest absolute Gasteiger partial charge is 0.104 e. The summed E-state index contributed by atoms with van der Waals surface area (Å²) in [5.41, 5.74) is 1.20. The summed E-state index contributed by atoms with van der Waals surface area (Å²) < 4.78 is 18.3. The Bertz CT molecular complexity index is 792. The molecule has 256 valence electrons. The van der Waals surface area contributed by atoms with Gasteiger partial charge in [-0.15, -0.1) is 24.7 Å². The number of hydrogen-bond donors (Lipinski definition) is 0. The summed E-state index contributed by atoms with van der Waals surface area (Å²) in [4.78, 5) is 0. The molecule has 0 aromatic heterocycles. The minimum atomic E-state index is 0.0117. The van der Waals surface area contributed by atoms with Gasteiger partial charge in [-0.05, 0) is 31.2 Å². The van der Waals surface area contributed by atoms with Gasteiger partial charge in [-0.2, -0.15) is 0 Å². The molecule has 0 saturated heterocycles. The second-order valence-corrected chi connectivity index (χ2v) is 13.0. The highest BCUT2D eigenvalue weighted by atomic mass is 16.6. The van der Waals surface area contributed by atoms with E-state index in [1.54, 1.807) is 0 Å². The summed E-state index contributed by atoms with van der Waals surface area (Å²) >= 11 is 0. The molecule has 3 nitrogen and oxygen atoms in total. The Morgan fingerprint density at radius 1 is 0.444 bits per heavy atom. The van der Waals surface area contributed by atoms with Crippen LogP contribution in [0.15, 0.2) is 30.3 Å². The van der Waals surface area contributed by atoms with Crippen LogP contribution < -0.4 is 0 Å². The number of ether oxygens (including phenoxy) is 3. The summed E-state index contributed by atoms with van der Waals surface area (Å²) in [6, 6.07) is 10.4. The average molecular weight is 623 g/mol. The molecular weight excluding hydrogens is 552 g/mol. The molecule has 1 rings (SSSR count). The number of benzene rings is 1. The molecule has 0 unspecified atom stereocenters. The minimum Gasteiger partial charge on any atom is -0.379 e. The largest absolute Gasteiger partial charge is 0.379 e. The predicted molar refractivity (Wildman–Crippen MR) is 194 cm³/mol. The van der Waals surface area contributed by atoms with Gasteiger partial charge in [-0.25, -0.2) is 0 Å². The van der Waals surface area contributed by atoms with E-state index in [1.165, 1.54) is 147 Å². The van der Waals surface area contributed by atoms with Gasteiger partial charge < -0.3 is 14.2 Å². The van der Waals surface area contributed by atoms with Crippen LogP contribution in [-0.2, 0) is 20.8 Å². The number of rotatable bonds is 35. The van der Waals surface area contributed by atoms with E-state index in [2.05, 4.69) is 36.1 Å². The van der Waals surface area contributed by atoms with Crippen molar-refractivity contribution in [3.63, 3.8) is 0 Å². The first-order chi connectivity index (χ1) is 22.4. The predicted octanol–water partition coefficient (Wildman–Crippen LogP) is 12.0. The highest BCUT2D eigenvalue weighted by Gasteiger charge is 2.10. The lowest BCUT2D eigenvalue weighted by Crippen LogP contribution is -2.26. The Balaban J connectivity index is 2.03. The highest BCUT2D eigenvalue weighted by Crippen LogP contribution is 2.14. The Morgan fingerprint density at radius 2 is 0.822 bits per heavy atom. The van der Waals surface area contributed by atoms with E-state index in [4.69, 9.17) is 27.1 Å². The van der Waals surface area contributed by atoms with Crippen molar-refractivity contribution in [3.8, 4) is 24.7 Å².